The quantitative estimate of drug-likeness (QED) is 0.569. The monoisotopic (exact) mass is 331 g/mol. The van der Waals surface area contributed by atoms with Crippen LogP contribution in [0.25, 0.3) is 0 Å². The fourth-order valence-corrected chi connectivity index (χ4v) is 3.74. The van der Waals surface area contributed by atoms with Crippen molar-refractivity contribution in [2.75, 3.05) is 34.2 Å². The summed E-state index contributed by atoms with van der Waals surface area (Å²) in [6.45, 7) is 5.50. The summed E-state index contributed by atoms with van der Waals surface area (Å²) < 4.78 is 0.844. The van der Waals surface area contributed by atoms with Gasteiger partial charge in [-0.3, -0.25) is 14.5 Å². The van der Waals surface area contributed by atoms with Crippen LogP contribution in [0, 0.1) is 11.8 Å². The summed E-state index contributed by atoms with van der Waals surface area (Å²) in [6.07, 6.45) is 1.72. The molecule has 0 N–H and O–H groups in total. The SMILES string of the molecule is CCC(c1ccccc1)C1C(=O)N(CCC[N+](C)(C)C)C(=O)C1C. The molecule has 4 nitrogen and oxygen atoms in total. The molecule has 4 heteroatoms. The molecule has 0 radical (unpaired) electrons. The third-order valence-electron chi connectivity index (χ3n) is 5.06. The second kappa shape index (κ2) is 7.47. The molecule has 2 amide bonds. The Hall–Kier alpha value is -1.68. The van der Waals surface area contributed by atoms with E-state index in [1.165, 1.54) is 4.90 Å². The molecular weight excluding hydrogens is 300 g/mol. The Kier molecular flexibility index (Phi) is 5.81. The van der Waals surface area contributed by atoms with Crippen LogP contribution in [-0.2, 0) is 9.59 Å². The molecule has 1 aromatic rings. The van der Waals surface area contributed by atoms with Gasteiger partial charge in [0.25, 0.3) is 0 Å². The molecule has 3 unspecified atom stereocenters. The highest BCUT2D eigenvalue weighted by molar-refractivity contribution is 6.05. The Morgan fingerprint density at radius 1 is 1.08 bits per heavy atom. The second-order valence-corrected chi connectivity index (χ2v) is 7.94. The largest absolute Gasteiger partial charge is 0.331 e. The van der Waals surface area contributed by atoms with Crippen LogP contribution in [0.5, 0.6) is 0 Å². The first-order chi connectivity index (χ1) is 11.3. The topological polar surface area (TPSA) is 37.4 Å². The molecule has 0 saturated carbocycles. The third-order valence-corrected chi connectivity index (χ3v) is 5.06. The predicted molar refractivity (Wildman–Crippen MR) is 96.4 cm³/mol. The number of imide groups is 1. The van der Waals surface area contributed by atoms with Gasteiger partial charge in [-0.05, 0) is 17.9 Å². The third kappa shape index (κ3) is 4.04. The van der Waals surface area contributed by atoms with Gasteiger partial charge in [-0.2, -0.15) is 0 Å². The van der Waals surface area contributed by atoms with Crippen LogP contribution in [-0.4, -0.2) is 55.4 Å². The average molecular weight is 331 g/mol. The van der Waals surface area contributed by atoms with Gasteiger partial charge in [-0.15, -0.1) is 0 Å². The van der Waals surface area contributed by atoms with Gasteiger partial charge in [0.2, 0.25) is 11.8 Å². The van der Waals surface area contributed by atoms with Crippen LogP contribution in [0.4, 0.5) is 0 Å². The van der Waals surface area contributed by atoms with Crippen LogP contribution >= 0.6 is 0 Å². The van der Waals surface area contributed by atoms with E-state index in [4.69, 9.17) is 0 Å². The Balaban J connectivity index is 2.14. The van der Waals surface area contributed by atoms with E-state index in [-0.39, 0.29) is 29.6 Å². The molecule has 0 aliphatic carbocycles. The van der Waals surface area contributed by atoms with E-state index in [2.05, 4.69) is 40.2 Å². The number of benzene rings is 1. The molecule has 1 saturated heterocycles. The lowest BCUT2D eigenvalue weighted by atomic mass is 9.78. The molecule has 3 atom stereocenters. The predicted octanol–water partition coefficient (Wildman–Crippen LogP) is 2.90. The number of hydrogen-bond acceptors (Lipinski definition) is 2. The van der Waals surface area contributed by atoms with Crippen molar-refractivity contribution in [2.45, 2.75) is 32.6 Å². The van der Waals surface area contributed by atoms with E-state index in [0.29, 0.717) is 6.54 Å². The summed E-state index contributed by atoms with van der Waals surface area (Å²) in [6, 6.07) is 10.1. The highest BCUT2D eigenvalue weighted by atomic mass is 16.2. The van der Waals surface area contributed by atoms with Gasteiger partial charge in [0, 0.05) is 18.9 Å². The van der Waals surface area contributed by atoms with Crippen molar-refractivity contribution in [1.29, 1.82) is 0 Å². The molecule has 1 aromatic carbocycles. The van der Waals surface area contributed by atoms with Crippen molar-refractivity contribution >= 4 is 11.8 Å². The molecule has 132 valence electrons. The van der Waals surface area contributed by atoms with E-state index >= 15 is 0 Å². The zero-order valence-electron chi connectivity index (χ0n) is 15.7. The van der Waals surface area contributed by atoms with E-state index < -0.39 is 0 Å². The number of likely N-dealkylation sites (tertiary alicyclic amines) is 1. The summed E-state index contributed by atoms with van der Waals surface area (Å²) >= 11 is 0. The molecule has 1 heterocycles. The number of nitrogens with zero attached hydrogens (tertiary/aromatic N) is 2. The molecule has 0 bridgehead atoms. The van der Waals surface area contributed by atoms with Crippen molar-refractivity contribution in [3.63, 3.8) is 0 Å². The maximum Gasteiger partial charge on any atom is 0.233 e. The normalized spacial score (nSPS) is 23.0. The summed E-state index contributed by atoms with van der Waals surface area (Å²) in [5, 5.41) is 0. The average Bonchev–Trinajstić information content (AvgIpc) is 2.73. The first-order valence-electron chi connectivity index (χ1n) is 8.97. The number of carbonyl (C=O) groups is 2. The Morgan fingerprint density at radius 2 is 1.71 bits per heavy atom. The highest BCUT2D eigenvalue weighted by Crippen LogP contribution is 2.39. The fourth-order valence-electron chi connectivity index (χ4n) is 3.74. The summed E-state index contributed by atoms with van der Waals surface area (Å²) in [7, 11) is 6.38. The minimum absolute atomic E-state index is 0.000732. The lowest BCUT2D eigenvalue weighted by Crippen LogP contribution is -2.39. The van der Waals surface area contributed by atoms with Gasteiger partial charge < -0.3 is 4.48 Å². The van der Waals surface area contributed by atoms with Crippen molar-refractivity contribution in [3.05, 3.63) is 35.9 Å². The molecule has 0 aromatic heterocycles. The Bertz CT molecular complexity index is 577. The maximum absolute atomic E-state index is 13.0. The number of quaternary nitrogens is 1. The van der Waals surface area contributed by atoms with Crippen molar-refractivity contribution < 1.29 is 14.1 Å². The number of hydrogen-bond donors (Lipinski definition) is 0. The van der Waals surface area contributed by atoms with E-state index in [0.717, 1.165) is 29.4 Å². The van der Waals surface area contributed by atoms with Crippen LogP contribution < -0.4 is 0 Å². The van der Waals surface area contributed by atoms with Crippen molar-refractivity contribution in [3.8, 4) is 0 Å². The molecular formula is C20H31N2O2+. The van der Waals surface area contributed by atoms with E-state index in [9.17, 15) is 9.59 Å². The first kappa shape index (κ1) is 18.7. The van der Waals surface area contributed by atoms with E-state index in [1.807, 2.05) is 25.1 Å². The zero-order chi connectivity index (χ0) is 17.9. The molecule has 2 rings (SSSR count). The van der Waals surface area contributed by atoms with Crippen LogP contribution in [0.2, 0.25) is 0 Å². The molecule has 1 aliphatic rings. The molecule has 1 aliphatic heterocycles. The smallest absolute Gasteiger partial charge is 0.233 e. The summed E-state index contributed by atoms with van der Waals surface area (Å²) in [5.41, 5.74) is 1.16. The Morgan fingerprint density at radius 3 is 2.25 bits per heavy atom. The summed E-state index contributed by atoms with van der Waals surface area (Å²) in [4.78, 5) is 27.1. The minimum Gasteiger partial charge on any atom is -0.331 e. The molecule has 0 spiro atoms. The van der Waals surface area contributed by atoms with Gasteiger partial charge >= 0.3 is 0 Å². The number of rotatable bonds is 7. The van der Waals surface area contributed by atoms with E-state index in [1.54, 1.807) is 0 Å². The highest BCUT2D eigenvalue weighted by Gasteiger charge is 2.48. The van der Waals surface area contributed by atoms with Gasteiger partial charge in [0.15, 0.2) is 0 Å². The van der Waals surface area contributed by atoms with Crippen molar-refractivity contribution in [1.82, 2.24) is 4.90 Å². The zero-order valence-corrected chi connectivity index (χ0v) is 15.7. The van der Waals surface area contributed by atoms with Crippen LogP contribution in [0.3, 0.4) is 0 Å². The van der Waals surface area contributed by atoms with Gasteiger partial charge in [-0.1, -0.05) is 44.2 Å². The van der Waals surface area contributed by atoms with Gasteiger partial charge in [0.05, 0.1) is 33.6 Å². The van der Waals surface area contributed by atoms with Gasteiger partial charge in [-0.25, -0.2) is 0 Å². The van der Waals surface area contributed by atoms with Crippen LogP contribution in [0.15, 0.2) is 30.3 Å². The molecule has 24 heavy (non-hydrogen) atoms. The second-order valence-electron chi connectivity index (χ2n) is 7.94. The number of carbonyl (C=O) groups excluding carboxylic acids is 2. The molecule has 1 fully saturated rings. The van der Waals surface area contributed by atoms with Gasteiger partial charge in [0.1, 0.15) is 0 Å². The number of amides is 2. The minimum atomic E-state index is -0.230. The first-order valence-corrected chi connectivity index (χ1v) is 8.97. The maximum atomic E-state index is 13.0. The van der Waals surface area contributed by atoms with Crippen LogP contribution in [0.1, 0.15) is 38.2 Å². The van der Waals surface area contributed by atoms with Crippen molar-refractivity contribution in [2.24, 2.45) is 11.8 Å². The lowest BCUT2D eigenvalue weighted by molar-refractivity contribution is -0.870. The fraction of sp³-hybridized carbons (Fsp3) is 0.600. The lowest BCUT2D eigenvalue weighted by Gasteiger charge is -2.25. The summed E-state index contributed by atoms with van der Waals surface area (Å²) in [5.74, 6) is -0.327. The standard InChI is InChI=1S/C20H31N2O2/c1-6-17(16-11-8-7-9-12-16)18-15(2)19(23)21(20(18)24)13-10-14-22(3,4)5/h7-9,11-12,15,17-18H,6,10,13-14H2,1-5H3/q+1. The Labute approximate surface area is 146 Å².